The molecule has 2 aliphatic rings. The fourth-order valence-electron chi connectivity index (χ4n) is 6.16. The average Bonchev–Trinajstić information content (AvgIpc) is 2.97. The van der Waals surface area contributed by atoms with Crippen LogP contribution < -0.4 is 10.4 Å². The van der Waals surface area contributed by atoms with Gasteiger partial charge in [-0.2, -0.15) is 0 Å². The Balaban J connectivity index is 1.81. The molecule has 2 aliphatic heterocycles. The highest BCUT2D eigenvalue weighted by molar-refractivity contribution is 6.99. The Morgan fingerprint density at radius 1 is 0.833 bits per heavy atom. The number of hydrogen-bond donors (Lipinski definition) is 0. The molecule has 0 radical (unpaired) electrons. The maximum absolute atomic E-state index is 13.2. The summed E-state index contributed by atoms with van der Waals surface area (Å²) in [7, 11) is 1.46. The smallest absolute Gasteiger partial charge is 0.261 e. The quantitative estimate of drug-likeness (QED) is 0.301. The molecule has 0 saturated carbocycles. The van der Waals surface area contributed by atoms with Crippen molar-refractivity contribution in [2.24, 2.45) is 0 Å². The lowest BCUT2D eigenvalue weighted by atomic mass is 9.89. The molecule has 0 aromatic heterocycles. The Hall–Kier alpha value is -2.28. The number of fused-ring (bicyclic) bond motifs is 1. The second-order valence-corrected chi connectivity index (χ2v) is 16.5. The average molecular weight is 601 g/mol. The predicted octanol–water partition coefficient (Wildman–Crippen LogP) is 3.01. The number of carbonyl (C=O) groups is 2. The third kappa shape index (κ3) is 5.55. The van der Waals surface area contributed by atoms with Crippen molar-refractivity contribution in [3.63, 3.8) is 0 Å². The molecule has 7 atom stereocenters. The standard InChI is InChI=1S/C32H44O9Si/c1-21(33)25(34)27-28(35-7)29-26(40-31(5,36-8)32(6,37-9)41-29)24(39-27)20-38-42(30(2,3)4,22-16-12-10-13-17-22)23-18-14-11-15-19-23/h10-19,24,26-29H,20H2,1-9H3/t24-,26-,27-,28+,29+,31+,32+/m1/s1. The number of ether oxygens (including phenoxy) is 6. The lowest BCUT2D eigenvalue weighted by molar-refractivity contribution is -0.471. The second kappa shape index (κ2) is 12.4. The van der Waals surface area contributed by atoms with Crippen molar-refractivity contribution in [1.29, 1.82) is 0 Å². The first-order valence-electron chi connectivity index (χ1n) is 14.2. The van der Waals surface area contributed by atoms with Crippen LogP contribution in [0.3, 0.4) is 0 Å². The third-order valence-corrected chi connectivity index (χ3v) is 13.7. The van der Waals surface area contributed by atoms with Gasteiger partial charge >= 0.3 is 0 Å². The number of hydrogen-bond acceptors (Lipinski definition) is 9. The van der Waals surface area contributed by atoms with Gasteiger partial charge in [0.05, 0.1) is 6.61 Å². The van der Waals surface area contributed by atoms with Gasteiger partial charge in [-0.3, -0.25) is 9.59 Å². The Bertz CT molecular complexity index is 1190. The van der Waals surface area contributed by atoms with Gasteiger partial charge in [-0.15, -0.1) is 0 Å². The van der Waals surface area contributed by atoms with Crippen molar-refractivity contribution in [2.45, 2.75) is 88.7 Å². The van der Waals surface area contributed by atoms with Gasteiger partial charge < -0.3 is 32.8 Å². The maximum atomic E-state index is 13.2. The molecule has 0 bridgehead atoms. The number of benzene rings is 2. The molecule has 0 spiro atoms. The summed E-state index contributed by atoms with van der Waals surface area (Å²) in [5.74, 6) is -4.04. The highest BCUT2D eigenvalue weighted by atomic mass is 28.4. The van der Waals surface area contributed by atoms with Crippen LogP contribution in [0.4, 0.5) is 0 Å². The lowest BCUT2D eigenvalue weighted by Gasteiger charge is -2.57. The van der Waals surface area contributed by atoms with E-state index >= 15 is 0 Å². The van der Waals surface area contributed by atoms with Crippen LogP contribution in [0.2, 0.25) is 5.04 Å². The number of methoxy groups -OCH3 is 3. The van der Waals surface area contributed by atoms with Crippen LogP contribution in [0.1, 0.15) is 41.5 Å². The molecular formula is C32H44O9Si. The van der Waals surface area contributed by atoms with Crippen LogP contribution in [0.25, 0.3) is 0 Å². The first-order valence-corrected chi connectivity index (χ1v) is 16.1. The predicted molar refractivity (Wildman–Crippen MR) is 159 cm³/mol. The molecule has 0 aliphatic carbocycles. The minimum Gasteiger partial charge on any atom is -0.405 e. The van der Waals surface area contributed by atoms with Gasteiger partial charge in [0.2, 0.25) is 17.4 Å². The summed E-state index contributed by atoms with van der Waals surface area (Å²) in [5, 5.41) is 1.89. The van der Waals surface area contributed by atoms with E-state index in [9.17, 15) is 9.59 Å². The van der Waals surface area contributed by atoms with E-state index in [1.165, 1.54) is 28.3 Å². The SMILES string of the molecule is CO[C@@H]1[C@H]2O[C@](C)(OC)[C@@](C)(OC)O[C@@H]2[C@@H](CO[Si](c2ccccc2)(c2ccccc2)C(C)(C)C)O[C@@H]1C(=O)C(C)=O. The highest BCUT2D eigenvalue weighted by Crippen LogP contribution is 2.45. The molecule has 0 unspecified atom stereocenters. The second-order valence-electron chi connectivity index (χ2n) is 12.2. The molecule has 2 aromatic carbocycles. The Labute approximate surface area is 249 Å². The number of rotatable bonds is 10. The van der Waals surface area contributed by atoms with E-state index < -0.39 is 62.0 Å². The summed E-state index contributed by atoms with van der Waals surface area (Å²) in [6.07, 6.45) is -4.59. The largest absolute Gasteiger partial charge is 0.405 e. The Morgan fingerprint density at radius 2 is 1.31 bits per heavy atom. The Kier molecular flexibility index (Phi) is 9.61. The molecule has 9 nitrogen and oxygen atoms in total. The van der Waals surface area contributed by atoms with E-state index in [1.807, 2.05) is 36.4 Å². The minimum absolute atomic E-state index is 0.0550. The molecule has 2 heterocycles. The fraction of sp³-hybridized carbons (Fsp3) is 0.562. The zero-order valence-corrected chi connectivity index (χ0v) is 27.0. The summed E-state index contributed by atoms with van der Waals surface area (Å²) in [5.41, 5.74) is 0. The lowest BCUT2D eigenvalue weighted by Crippen LogP contribution is -2.74. The minimum atomic E-state index is -2.98. The zero-order chi connectivity index (χ0) is 30.9. The van der Waals surface area contributed by atoms with Gasteiger partial charge in [0, 0.05) is 28.3 Å². The van der Waals surface area contributed by atoms with E-state index in [1.54, 1.807) is 13.8 Å². The van der Waals surface area contributed by atoms with Crippen molar-refractivity contribution in [1.82, 2.24) is 0 Å². The first-order chi connectivity index (χ1) is 19.8. The highest BCUT2D eigenvalue weighted by Gasteiger charge is 2.64. The summed E-state index contributed by atoms with van der Waals surface area (Å²) >= 11 is 0. The summed E-state index contributed by atoms with van der Waals surface area (Å²) in [4.78, 5) is 25.5. The van der Waals surface area contributed by atoms with Gasteiger partial charge in [-0.05, 0) is 29.3 Å². The number of ketones is 2. The van der Waals surface area contributed by atoms with E-state index in [0.29, 0.717) is 0 Å². The summed E-state index contributed by atoms with van der Waals surface area (Å²) < 4.78 is 43.9. The molecule has 0 N–H and O–H groups in total. The number of carbonyl (C=O) groups excluding carboxylic acids is 2. The van der Waals surface area contributed by atoms with Crippen molar-refractivity contribution < 1.29 is 42.4 Å². The van der Waals surface area contributed by atoms with Crippen LogP contribution in [-0.2, 0) is 42.4 Å². The van der Waals surface area contributed by atoms with Gasteiger partial charge in [-0.25, -0.2) is 0 Å². The van der Waals surface area contributed by atoms with Crippen LogP contribution in [-0.4, -0.2) is 89.9 Å². The molecule has 10 heteroatoms. The third-order valence-electron chi connectivity index (χ3n) is 8.72. The molecule has 42 heavy (non-hydrogen) atoms. The van der Waals surface area contributed by atoms with Crippen LogP contribution >= 0.6 is 0 Å². The van der Waals surface area contributed by atoms with Crippen LogP contribution in [0.5, 0.6) is 0 Å². The van der Waals surface area contributed by atoms with E-state index in [0.717, 1.165) is 10.4 Å². The molecule has 230 valence electrons. The van der Waals surface area contributed by atoms with Gasteiger partial charge in [0.1, 0.15) is 24.4 Å². The van der Waals surface area contributed by atoms with E-state index in [2.05, 4.69) is 45.0 Å². The van der Waals surface area contributed by atoms with Gasteiger partial charge in [0.15, 0.2) is 11.9 Å². The maximum Gasteiger partial charge on any atom is 0.261 e. The number of Topliss-reactive ketones (excluding diaryl/α,β-unsaturated/α-hetero) is 2. The molecular weight excluding hydrogens is 556 g/mol. The van der Waals surface area contributed by atoms with Gasteiger partial charge in [0.25, 0.3) is 8.32 Å². The normalized spacial score (nSPS) is 31.8. The molecule has 2 aromatic rings. The van der Waals surface area contributed by atoms with Crippen molar-refractivity contribution in [3.05, 3.63) is 60.7 Å². The van der Waals surface area contributed by atoms with Crippen molar-refractivity contribution in [2.75, 3.05) is 27.9 Å². The first kappa shape index (κ1) is 32.6. The van der Waals surface area contributed by atoms with Crippen LogP contribution in [0, 0.1) is 0 Å². The molecule has 4 rings (SSSR count). The summed E-state index contributed by atoms with van der Waals surface area (Å²) in [6.45, 7) is 11.2. The summed E-state index contributed by atoms with van der Waals surface area (Å²) in [6, 6.07) is 20.4. The van der Waals surface area contributed by atoms with E-state index in [-0.39, 0.29) is 11.6 Å². The van der Waals surface area contributed by atoms with Gasteiger partial charge in [-0.1, -0.05) is 81.4 Å². The Morgan fingerprint density at radius 3 is 1.71 bits per heavy atom. The zero-order valence-electron chi connectivity index (χ0n) is 26.0. The molecule has 2 saturated heterocycles. The molecule has 2 fully saturated rings. The van der Waals surface area contributed by atoms with Crippen LogP contribution in [0.15, 0.2) is 60.7 Å². The monoisotopic (exact) mass is 600 g/mol. The molecule has 0 amide bonds. The van der Waals surface area contributed by atoms with Crippen molar-refractivity contribution in [3.8, 4) is 0 Å². The van der Waals surface area contributed by atoms with E-state index in [4.69, 9.17) is 32.8 Å². The fourth-order valence-corrected chi connectivity index (χ4v) is 10.7. The van der Waals surface area contributed by atoms with Crippen molar-refractivity contribution >= 4 is 30.3 Å². The topological polar surface area (TPSA) is 98.8 Å².